The molecular weight excluding hydrogens is 551 g/mol. The minimum absolute atomic E-state index is 0.200. The number of anilines is 1. The van der Waals surface area contributed by atoms with E-state index in [0.717, 1.165) is 29.8 Å². The Morgan fingerprint density at radius 3 is 2.50 bits per heavy atom. The summed E-state index contributed by atoms with van der Waals surface area (Å²) in [4.78, 5) is 30.2. The van der Waals surface area contributed by atoms with E-state index in [9.17, 15) is 14.9 Å². The number of carbonyl (C=O) groups is 2. The zero-order valence-corrected chi connectivity index (χ0v) is 23.4. The van der Waals surface area contributed by atoms with Gasteiger partial charge in [0, 0.05) is 25.7 Å². The molecule has 2 aliphatic rings. The topological polar surface area (TPSA) is 94.9 Å². The second kappa shape index (κ2) is 12.3. The number of morpholine rings is 1. The quantitative estimate of drug-likeness (QED) is 0.431. The lowest BCUT2D eigenvalue weighted by Gasteiger charge is -2.35. The summed E-state index contributed by atoms with van der Waals surface area (Å²) >= 11 is 12.4. The van der Waals surface area contributed by atoms with Crippen LogP contribution in [0.4, 0.5) is 5.69 Å². The van der Waals surface area contributed by atoms with Crippen LogP contribution in [0.25, 0.3) is 11.1 Å². The first kappa shape index (κ1) is 27.9. The summed E-state index contributed by atoms with van der Waals surface area (Å²) in [6.45, 7) is 4.85. The number of fused-ring (bicyclic) bond motifs is 1. The van der Waals surface area contributed by atoms with Crippen LogP contribution < -0.4 is 15.0 Å². The highest BCUT2D eigenvalue weighted by molar-refractivity contribution is 6.42. The van der Waals surface area contributed by atoms with E-state index in [1.165, 1.54) is 4.90 Å². The van der Waals surface area contributed by atoms with Crippen molar-refractivity contribution in [2.45, 2.75) is 19.0 Å². The fourth-order valence-corrected chi connectivity index (χ4v) is 5.26. The first-order chi connectivity index (χ1) is 19.3. The van der Waals surface area contributed by atoms with Gasteiger partial charge in [-0.1, -0.05) is 59.6 Å². The van der Waals surface area contributed by atoms with Gasteiger partial charge in [0.25, 0.3) is 5.91 Å². The summed E-state index contributed by atoms with van der Waals surface area (Å²) in [6, 6.07) is 19.5. The normalized spacial score (nSPS) is 16.9. The number of nitrogens with zero attached hydrogens (tertiary/aromatic N) is 3. The minimum atomic E-state index is -0.826. The standard InChI is InChI=1S/C30H28Cl2N4O4/c1-19(36-27-14-24(31)25(32)15-28(27)40-18-29(36)37)30(38)34-26(17-35-9-11-39-12-10-35)22-7-5-21(6-8-22)23-4-2-3-20(13-23)16-33/h2-8,13-15,19,26H,9-12,17-18H2,1H3,(H,34,38). The number of hydrogen-bond acceptors (Lipinski definition) is 6. The van der Waals surface area contributed by atoms with E-state index in [4.69, 9.17) is 32.7 Å². The smallest absolute Gasteiger partial charge is 0.265 e. The van der Waals surface area contributed by atoms with Crippen LogP contribution in [0, 0.1) is 11.3 Å². The minimum Gasteiger partial charge on any atom is -0.482 e. The van der Waals surface area contributed by atoms with Crippen molar-refractivity contribution in [1.29, 1.82) is 5.26 Å². The first-order valence-corrected chi connectivity index (χ1v) is 13.7. The van der Waals surface area contributed by atoms with Crippen LogP contribution in [0.15, 0.2) is 60.7 Å². The van der Waals surface area contributed by atoms with Gasteiger partial charge in [-0.3, -0.25) is 19.4 Å². The van der Waals surface area contributed by atoms with Crippen molar-refractivity contribution in [2.24, 2.45) is 0 Å². The van der Waals surface area contributed by atoms with Crippen molar-refractivity contribution < 1.29 is 19.1 Å². The highest BCUT2D eigenvalue weighted by atomic mass is 35.5. The number of halogens is 2. The van der Waals surface area contributed by atoms with Gasteiger partial charge in [0.05, 0.1) is 46.6 Å². The van der Waals surface area contributed by atoms with E-state index in [-0.39, 0.29) is 29.5 Å². The Hall–Kier alpha value is -3.61. The molecule has 1 fully saturated rings. The van der Waals surface area contributed by atoms with Gasteiger partial charge in [0.15, 0.2) is 6.61 Å². The summed E-state index contributed by atoms with van der Waals surface area (Å²) in [5.41, 5.74) is 3.83. The number of amides is 2. The second-order valence-electron chi connectivity index (χ2n) is 9.75. The summed E-state index contributed by atoms with van der Waals surface area (Å²) < 4.78 is 11.0. The molecule has 2 atom stereocenters. The molecule has 0 spiro atoms. The van der Waals surface area contributed by atoms with Crippen molar-refractivity contribution in [2.75, 3.05) is 44.4 Å². The second-order valence-corrected chi connectivity index (χ2v) is 10.6. The average molecular weight is 579 g/mol. The molecule has 1 saturated heterocycles. The summed E-state index contributed by atoms with van der Waals surface area (Å²) in [7, 11) is 0. The molecule has 2 unspecified atom stereocenters. The van der Waals surface area contributed by atoms with Gasteiger partial charge in [-0.05, 0) is 41.8 Å². The predicted molar refractivity (Wildman–Crippen MR) is 154 cm³/mol. The number of hydrogen-bond donors (Lipinski definition) is 1. The van der Waals surface area contributed by atoms with E-state index in [1.807, 2.05) is 42.5 Å². The maximum atomic E-state index is 13.7. The van der Waals surface area contributed by atoms with Crippen LogP contribution >= 0.6 is 23.2 Å². The Labute approximate surface area is 243 Å². The molecule has 0 bridgehead atoms. The maximum Gasteiger partial charge on any atom is 0.265 e. The third kappa shape index (κ3) is 6.08. The third-order valence-electron chi connectivity index (χ3n) is 7.15. The Kier molecular flexibility index (Phi) is 8.57. The van der Waals surface area contributed by atoms with E-state index in [2.05, 4.69) is 16.3 Å². The fraction of sp³-hybridized carbons (Fsp3) is 0.300. The molecule has 40 heavy (non-hydrogen) atoms. The van der Waals surface area contributed by atoms with E-state index >= 15 is 0 Å². The van der Waals surface area contributed by atoms with E-state index < -0.39 is 6.04 Å². The van der Waals surface area contributed by atoms with Crippen molar-refractivity contribution in [3.05, 3.63) is 81.8 Å². The van der Waals surface area contributed by atoms with Crippen LogP contribution in [0.1, 0.15) is 24.1 Å². The van der Waals surface area contributed by atoms with Gasteiger partial charge in [-0.25, -0.2) is 0 Å². The zero-order valence-electron chi connectivity index (χ0n) is 21.9. The van der Waals surface area contributed by atoms with Crippen LogP contribution in [-0.2, 0) is 14.3 Å². The Balaban J connectivity index is 1.39. The van der Waals surface area contributed by atoms with Crippen molar-refractivity contribution in [1.82, 2.24) is 10.2 Å². The van der Waals surface area contributed by atoms with Crippen molar-refractivity contribution in [3.63, 3.8) is 0 Å². The maximum absolute atomic E-state index is 13.7. The molecule has 8 nitrogen and oxygen atoms in total. The Bertz CT molecular complexity index is 1450. The number of nitriles is 1. The van der Waals surface area contributed by atoms with Gasteiger partial charge >= 0.3 is 0 Å². The molecule has 2 aliphatic heterocycles. The highest BCUT2D eigenvalue weighted by Gasteiger charge is 2.35. The molecule has 5 rings (SSSR count). The highest BCUT2D eigenvalue weighted by Crippen LogP contribution is 2.39. The van der Waals surface area contributed by atoms with Gasteiger partial charge < -0.3 is 14.8 Å². The lowest BCUT2D eigenvalue weighted by Crippen LogP contribution is -2.53. The predicted octanol–water partition coefficient (Wildman–Crippen LogP) is 4.84. The average Bonchev–Trinajstić information content (AvgIpc) is 2.98. The van der Waals surface area contributed by atoms with Crippen LogP contribution in [0.3, 0.4) is 0 Å². The van der Waals surface area contributed by atoms with Crippen molar-refractivity contribution in [3.8, 4) is 22.9 Å². The zero-order chi connectivity index (χ0) is 28.2. The summed E-state index contributed by atoms with van der Waals surface area (Å²) in [5, 5.41) is 13.0. The lowest BCUT2D eigenvalue weighted by molar-refractivity contribution is -0.128. The van der Waals surface area contributed by atoms with Gasteiger partial charge in [0.1, 0.15) is 11.8 Å². The molecule has 0 radical (unpaired) electrons. The first-order valence-electron chi connectivity index (χ1n) is 13.0. The number of nitrogens with one attached hydrogen (secondary N) is 1. The SMILES string of the molecule is CC(C(=O)NC(CN1CCOCC1)c1ccc(-c2cccc(C#N)c2)cc1)N1C(=O)COc2cc(Cl)c(Cl)cc21. The Morgan fingerprint density at radius 2 is 1.77 bits per heavy atom. The van der Waals surface area contributed by atoms with Gasteiger partial charge in [-0.15, -0.1) is 0 Å². The van der Waals surface area contributed by atoms with E-state index in [0.29, 0.717) is 41.8 Å². The largest absolute Gasteiger partial charge is 0.482 e. The molecular formula is C30H28Cl2N4O4. The summed E-state index contributed by atoms with van der Waals surface area (Å²) in [5.74, 6) is -0.256. The molecule has 2 heterocycles. The van der Waals surface area contributed by atoms with E-state index in [1.54, 1.807) is 25.1 Å². The molecule has 3 aromatic rings. The van der Waals surface area contributed by atoms with Gasteiger partial charge in [-0.2, -0.15) is 5.26 Å². The third-order valence-corrected chi connectivity index (χ3v) is 7.87. The fourth-order valence-electron chi connectivity index (χ4n) is 4.95. The number of ether oxygens (including phenoxy) is 2. The molecule has 206 valence electrons. The van der Waals surface area contributed by atoms with Crippen LogP contribution in [0.5, 0.6) is 5.75 Å². The van der Waals surface area contributed by atoms with Gasteiger partial charge in [0.2, 0.25) is 5.91 Å². The number of rotatable bonds is 7. The molecule has 1 N–H and O–H groups in total. The van der Waals surface area contributed by atoms with Crippen LogP contribution in [-0.4, -0.2) is 62.2 Å². The monoisotopic (exact) mass is 578 g/mol. The lowest BCUT2D eigenvalue weighted by atomic mass is 9.99. The molecule has 0 saturated carbocycles. The van der Waals surface area contributed by atoms with Crippen molar-refractivity contribution >= 4 is 40.7 Å². The van der Waals surface area contributed by atoms with Crippen LogP contribution in [0.2, 0.25) is 10.0 Å². The molecule has 2 amide bonds. The summed E-state index contributed by atoms with van der Waals surface area (Å²) in [6.07, 6.45) is 0. The number of benzene rings is 3. The number of carbonyl (C=O) groups excluding carboxylic acids is 2. The Morgan fingerprint density at radius 1 is 1.05 bits per heavy atom. The molecule has 0 aromatic heterocycles. The molecule has 3 aromatic carbocycles. The molecule has 0 aliphatic carbocycles. The molecule has 10 heteroatoms.